The number of aliphatic hydroxyl groups is 1. The van der Waals surface area contributed by atoms with Crippen molar-refractivity contribution in [1.29, 1.82) is 0 Å². The molecule has 1 heterocycles. The number of alkyl halides is 3. The van der Waals surface area contributed by atoms with Crippen LogP contribution >= 0.6 is 0 Å². The summed E-state index contributed by atoms with van der Waals surface area (Å²) in [5.41, 5.74) is 4.03. The lowest BCUT2D eigenvalue weighted by molar-refractivity contribution is -0.141. The molecule has 1 aromatic heterocycles. The fraction of sp³-hybridized carbons (Fsp3) is 0.500. The second-order valence-electron chi connectivity index (χ2n) is 4.58. The number of pyridine rings is 1. The molecule has 20 heavy (non-hydrogen) atoms. The first-order valence-corrected chi connectivity index (χ1v) is 6.10. The van der Waals surface area contributed by atoms with Crippen molar-refractivity contribution >= 4 is 11.7 Å². The molecule has 3 N–H and O–H groups in total. The average Bonchev–Trinajstić information content (AvgIpc) is 3.18. The van der Waals surface area contributed by atoms with Gasteiger partial charge in [0.25, 0.3) is 5.91 Å². The van der Waals surface area contributed by atoms with Crippen LogP contribution in [0.1, 0.15) is 28.9 Å². The second-order valence-corrected chi connectivity index (χ2v) is 4.58. The summed E-state index contributed by atoms with van der Waals surface area (Å²) in [5.74, 6) is -0.950. The maximum atomic E-state index is 12.7. The molecule has 5 nitrogen and oxygen atoms in total. The number of hydrogen-bond donors (Lipinski definition) is 2. The highest BCUT2D eigenvalue weighted by atomic mass is 19.4. The van der Waals surface area contributed by atoms with Crippen molar-refractivity contribution in [2.75, 3.05) is 18.1 Å². The molecule has 1 fully saturated rings. The Balaban J connectivity index is 2.48. The molecule has 1 aliphatic carbocycles. The van der Waals surface area contributed by atoms with E-state index in [4.69, 9.17) is 10.8 Å². The van der Waals surface area contributed by atoms with Crippen molar-refractivity contribution in [2.45, 2.75) is 25.1 Å². The van der Waals surface area contributed by atoms with E-state index >= 15 is 0 Å². The Bertz CT molecular complexity index is 515. The van der Waals surface area contributed by atoms with E-state index in [-0.39, 0.29) is 30.6 Å². The number of carbonyl (C=O) groups excluding carboxylic acids is 1. The Kier molecular flexibility index (Phi) is 3.85. The first-order chi connectivity index (χ1) is 9.34. The van der Waals surface area contributed by atoms with Crippen LogP contribution < -0.4 is 10.6 Å². The highest BCUT2D eigenvalue weighted by Gasteiger charge is 2.36. The van der Waals surface area contributed by atoms with E-state index in [0.29, 0.717) is 0 Å². The van der Waals surface area contributed by atoms with Gasteiger partial charge in [0.15, 0.2) is 0 Å². The van der Waals surface area contributed by atoms with Gasteiger partial charge in [-0.05, 0) is 25.0 Å². The fourth-order valence-corrected chi connectivity index (χ4v) is 1.97. The van der Waals surface area contributed by atoms with Crippen LogP contribution in [0.4, 0.5) is 19.0 Å². The molecular weight excluding hydrogens is 275 g/mol. The maximum absolute atomic E-state index is 12.7. The summed E-state index contributed by atoms with van der Waals surface area (Å²) in [6, 6.07) is 1.75. The number of aliphatic hydroxyl groups excluding tert-OH is 1. The van der Waals surface area contributed by atoms with Crippen molar-refractivity contribution in [3.8, 4) is 0 Å². The number of hydrogen-bond acceptors (Lipinski definition) is 4. The molecule has 1 amide bonds. The Morgan fingerprint density at radius 1 is 1.45 bits per heavy atom. The van der Waals surface area contributed by atoms with Gasteiger partial charge in [0, 0.05) is 12.6 Å². The van der Waals surface area contributed by atoms with Crippen LogP contribution in [0, 0.1) is 0 Å². The van der Waals surface area contributed by atoms with Gasteiger partial charge in [-0.15, -0.1) is 0 Å². The predicted octanol–water partition coefficient (Wildman–Crippen LogP) is 1.16. The van der Waals surface area contributed by atoms with E-state index in [9.17, 15) is 18.0 Å². The molecule has 0 saturated heterocycles. The summed E-state index contributed by atoms with van der Waals surface area (Å²) in [4.78, 5) is 16.4. The van der Waals surface area contributed by atoms with Crippen LogP contribution in [-0.4, -0.2) is 35.2 Å². The first-order valence-electron chi connectivity index (χ1n) is 6.10. The van der Waals surface area contributed by atoms with E-state index in [1.807, 2.05) is 0 Å². The molecule has 0 unspecified atom stereocenters. The summed E-state index contributed by atoms with van der Waals surface area (Å²) in [7, 11) is 0. The zero-order valence-corrected chi connectivity index (χ0v) is 10.5. The van der Waals surface area contributed by atoms with Gasteiger partial charge in [-0.1, -0.05) is 0 Å². The van der Waals surface area contributed by atoms with E-state index < -0.39 is 17.8 Å². The third-order valence-electron chi connectivity index (χ3n) is 3.03. The second kappa shape index (κ2) is 5.28. The van der Waals surface area contributed by atoms with Crippen LogP contribution in [-0.2, 0) is 6.18 Å². The molecule has 0 radical (unpaired) electrons. The van der Waals surface area contributed by atoms with E-state index in [0.717, 1.165) is 25.0 Å². The van der Waals surface area contributed by atoms with Crippen molar-refractivity contribution in [3.05, 3.63) is 23.4 Å². The molecule has 1 aromatic rings. The molecule has 1 aliphatic rings. The van der Waals surface area contributed by atoms with Crippen LogP contribution in [0.25, 0.3) is 0 Å². The minimum atomic E-state index is -4.60. The molecule has 0 aromatic carbocycles. The third-order valence-corrected chi connectivity index (χ3v) is 3.03. The van der Waals surface area contributed by atoms with Crippen molar-refractivity contribution < 1.29 is 23.1 Å². The van der Waals surface area contributed by atoms with Gasteiger partial charge in [-0.25, -0.2) is 4.98 Å². The maximum Gasteiger partial charge on any atom is 0.433 e. The molecule has 0 aliphatic heterocycles. The van der Waals surface area contributed by atoms with Gasteiger partial charge in [0.2, 0.25) is 0 Å². The molecule has 0 atom stereocenters. The van der Waals surface area contributed by atoms with Crippen LogP contribution in [0.2, 0.25) is 0 Å². The smallest absolute Gasteiger partial charge is 0.395 e. The minimum Gasteiger partial charge on any atom is -0.395 e. The average molecular weight is 289 g/mol. The third kappa shape index (κ3) is 3.01. The minimum absolute atomic E-state index is 0.00349. The lowest BCUT2D eigenvalue weighted by atomic mass is 10.2. The van der Waals surface area contributed by atoms with Crippen LogP contribution in [0.3, 0.4) is 0 Å². The molecule has 110 valence electrons. The van der Waals surface area contributed by atoms with Gasteiger partial charge < -0.3 is 15.7 Å². The number of rotatable bonds is 5. The van der Waals surface area contributed by atoms with Gasteiger partial charge in [0.05, 0.1) is 12.2 Å². The fourth-order valence-electron chi connectivity index (χ4n) is 1.97. The van der Waals surface area contributed by atoms with Gasteiger partial charge >= 0.3 is 6.18 Å². The van der Waals surface area contributed by atoms with Crippen molar-refractivity contribution in [2.24, 2.45) is 5.73 Å². The summed E-state index contributed by atoms with van der Waals surface area (Å²) >= 11 is 0. The zero-order chi connectivity index (χ0) is 14.9. The largest absolute Gasteiger partial charge is 0.433 e. The topological polar surface area (TPSA) is 79.5 Å². The van der Waals surface area contributed by atoms with Crippen LogP contribution in [0.15, 0.2) is 12.1 Å². The number of anilines is 1. The number of primary amides is 1. The molecule has 0 bridgehead atoms. The first kappa shape index (κ1) is 14.6. The Morgan fingerprint density at radius 3 is 2.55 bits per heavy atom. The van der Waals surface area contributed by atoms with Crippen LogP contribution in [0.5, 0.6) is 0 Å². The van der Waals surface area contributed by atoms with Crippen molar-refractivity contribution in [3.63, 3.8) is 0 Å². The number of aromatic nitrogens is 1. The van der Waals surface area contributed by atoms with E-state index in [2.05, 4.69) is 4.98 Å². The summed E-state index contributed by atoms with van der Waals surface area (Å²) < 4.78 is 38.2. The Hall–Kier alpha value is -1.83. The summed E-state index contributed by atoms with van der Waals surface area (Å²) in [6.07, 6.45) is -3.02. The number of amides is 1. The standard InChI is InChI=1S/C12H14F3N3O2/c13-12(14,15)9-4-3-8(10(16)20)11(17-9)18(5-6-19)7-1-2-7/h3-4,7,19H,1-2,5-6H2,(H2,16,20). The van der Waals surface area contributed by atoms with E-state index in [1.165, 1.54) is 4.90 Å². The molecule has 8 heteroatoms. The zero-order valence-electron chi connectivity index (χ0n) is 10.5. The Morgan fingerprint density at radius 2 is 2.10 bits per heavy atom. The number of nitrogens with two attached hydrogens (primary N) is 1. The number of halogens is 3. The van der Waals surface area contributed by atoms with E-state index in [1.54, 1.807) is 0 Å². The highest BCUT2D eigenvalue weighted by Crippen LogP contribution is 2.35. The SMILES string of the molecule is NC(=O)c1ccc(C(F)(F)F)nc1N(CCO)C1CC1. The summed E-state index contributed by atoms with van der Waals surface area (Å²) in [5, 5.41) is 9.03. The predicted molar refractivity (Wildman–Crippen MR) is 65.2 cm³/mol. The quantitative estimate of drug-likeness (QED) is 0.852. The van der Waals surface area contributed by atoms with Gasteiger partial charge in [0.1, 0.15) is 11.5 Å². The van der Waals surface area contributed by atoms with Gasteiger partial charge in [-0.2, -0.15) is 13.2 Å². The van der Waals surface area contributed by atoms with Gasteiger partial charge in [-0.3, -0.25) is 4.79 Å². The Labute approximate surface area is 113 Å². The summed E-state index contributed by atoms with van der Waals surface area (Å²) in [6.45, 7) is -0.133. The molecule has 2 rings (SSSR count). The monoisotopic (exact) mass is 289 g/mol. The highest BCUT2D eigenvalue weighted by molar-refractivity contribution is 5.97. The normalized spacial score (nSPS) is 15.2. The van der Waals surface area contributed by atoms with Crippen molar-refractivity contribution in [1.82, 2.24) is 4.98 Å². The molecular formula is C12H14F3N3O2. The molecule has 1 saturated carbocycles. The number of nitrogens with zero attached hydrogens (tertiary/aromatic N) is 2. The number of carbonyl (C=O) groups is 1. The molecule has 0 spiro atoms. The lowest BCUT2D eigenvalue weighted by Crippen LogP contribution is -2.33. The lowest BCUT2D eigenvalue weighted by Gasteiger charge is -2.25.